The van der Waals surface area contributed by atoms with Gasteiger partial charge in [0.25, 0.3) is 0 Å². The van der Waals surface area contributed by atoms with Crippen molar-refractivity contribution in [3.63, 3.8) is 0 Å². The van der Waals surface area contributed by atoms with Crippen molar-refractivity contribution >= 4 is 0 Å². The van der Waals surface area contributed by atoms with Gasteiger partial charge in [0.05, 0.1) is 5.56 Å². The highest BCUT2D eigenvalue weighted by molar-refractivity contribution is 5.27. The molecule has 0 atom stereocenters. The first kappa shape index (κ1) is 15.0. The van der Waals surface area contributed by atoms with Crippen LogP contribution in [0.3, 0.4) is 0 Å². The monoisotopic (exact) mass is 302 g/mol. The molecule has 0 amide bonds. The van der Waals surface area contributed by atoms with Crippen LogP contribution in [-0.4, -0.2) is 10.2 Å². The Balaban J connectivity index is 2.21. The predicted octanol–water partition coefficient (Wildman–Crippen LogP) is 2.01. The molecule has 0 saturated carbocycles. The van der Waals surface area contributed by atoms with E-state index in [0.29, 0.717) is 11.8 Å². The van der Waals surface area contributed by atoms with Crippen molar-refractivity contribution in [2.45, 2.75) is 19.0 Å². The molecule has 0 aliphatic heterocycles. The van der Waals surface area contributed by atoms with Gasteiger partial charge in [0.1, 0.15) is 5.82 Å². The number of hydrogen-bond donors (Lipinski definition) is 2. The fourth-order valence-electron chi connectivity index (χ4n) is 1.81. The van der Waals surface area contributed by atoms with Crippen LogP contribution < -0.4 is 11.0 Å². The van der Waals surface area contributed by atoms with Crippen molar-refractivity contribution < 1.29 is 17.6 Å². The molecule has 0 unspecified atom stereocenters. The van der Waals surface area contributed by atoms with Crippen LogP contribution in [0, 0.1) is 5.82 Å². The highest BCUT2D eigenvalue weighted by Gasteiger charge is 2.30. The number of benzene rings is 1. The Morgan fingerprint density at radius 3 is 2.33 bits per heavy atom. The summed E-state index contributed by atoms with van der Waals surface area (Å²) in [5.74, 6) is -0.755. The van der Waals surface area contributed by atoms with E-state index in [1.165, 1.54) is 0 Å². The molecule has 1 heterocycles. The van der Waals surface area contributed by atoms with E-state index in [-0.39, 0.29) is 18.4 Å². The lowest BCUT2D eigenvalue weighted by Crippen LogP contribution is -2.27. The zero-order chi connectivity index (χ0) is 15.6. The standard InChI is InChI=1S/C13H10F4N2O2/c14-10-4-2-8(13(15,16)17)5-7(10)1-3-9-6-11(20)12(21)19-18-9/h2,4-6H,1,3H2,(H,18,20)(H,19,21). The average molecular weight is 302 g/mol. The van der Waals surface area contributed by atoms with Crippen LogP contribution in [0.15, 0.2) is 33.9 Å². The third-order valence-corrected chi connectivity index (χ3v) is 2.90. The lowest BCUT2D eigenvalue weighted by atomic mass is 10.0. The summed E-state index contributed by atoms with van der Waals surface area (Å²) in [5.41, 5.74) is -2.35. The van der Waals surface area contributed by atoms with E-state index >= 15 is 0 Å². The van der Waals surface area contributed by atoms with Gasteiger partial charge in [-0.2, -0.15) is 13.2 Å². The summed E-state index contributed by atoms with van der Waals surface area (Å²) in [7, 11) is 0. The molecular weight excluding hydrogens is 292 g/mol. The molecule has 8 heteroatoms. The van der Waals surface area contributed by atoms with Crippen LogP contribution in [-0.2, 0) is 19.0 Å². The van der Waals surface area contributed by atoms with Crippen LogP contribution in [0.25, 0.3) is 0 Å². The van der Waals surface area contributed by atoms with Crippen molar-refractivity contribution in [1.29, 1.82) is 0 Å². The molecule has 0 fully saturated rings. The third-order valence-electron chi connectivity index (χ3n) is 2.90. The van der Waals surface area contributed by atoms with Gasteiger partial charge in [-0.1, -0.05) is 0 Å². The summed E-state index contributed by atoms with van der Waals surface area (Å²) in [6, 6.07) is 3.19. The maximum atomic E-state index is 13.5. The van der Waals surface area contributed by atoms with Gasteiger partial charge >= 0.3 is 11.7 Å². The molecule has 2 aromatic rings. The van der Waals surface area contributed by atoms with E-state index < -0.39 is 28.5 Å². The minimum absolute atomic E-state index is 0.0439. The Labute approximate surface area is 115 Å². The lowest BCUT2D eigenvalue weighted by molar-refractivity contribution is -0.137. The molecule has 0 aliphatic carbocycles. The second kappa shape index (κ2) is 5.55. The van der Waals surface area contributed by atoms with Gasteiger partial charge in [0.15, 0.2) is 0 Å². The molecule has 0 radical (unpaired) electrons. The Hall–Kier alpha value is -2.38. The van der Waals surface area contributed by atoms with Crippen LogP contribution in [0.1, 0.15) is 16.8 Å². The molecule has 1 aromatic heterocycles. The number of hydrogen-bond acceptors (Lipinski definition) is 2. The minimum atomic E-state index is -4.55. The van der Waals surface area contributed by atoms with Gasteiger partial charge in [0, 0.05) is 11.8 Å². The number of nitrogens with one attached hydrogen (secondary N) is 2. The van der Waals surface area contributed by atoms with E-state index in [0.717, 1.165) is 18.2 Å². The maximum Gasteiger partial charge on any atom is 0.416 e. The quantitative estimate of drug-likeness (QED) is 0.673. The van der Waals surface area contributed by atoms with Crippen LogP contribution in [0.4, 0.5) is 17.6 Å². The first-order valence-electron chi connectivity index (χ1n) is 5.94. The van der Waals surface area contributed by atoms with E-state index in [4.69, 9.17) is 0 Å². The van der Waals surface area contributed by atoms with Crippen molar-refractivity contribution in [3.8, 4) is 0 Å². The lowest BCUT2D eigenvalue weighted by Gasteiger charge is -2.09. The number of aromatic nitrogens is 2. The Morgan fingerprint density at radius 1 is 1.00 bits per heavy atom. The maximum absolute atomic E-state index is 13.5. The Kier molecular flexibility index (Phi) is 3.97. The summed E-state index contributed by atoms with van der Waals surface area (Å²) in [4.78, 5) is 22.0. The summed E-state index contributed by atoms with van der Waals surface area (Å²) >= 11 is 0. The zero-order valence-corrected chi connectivity index (χ0v) is 10.6. The highest BCUT2D eigenvalue weighted by Crippen LogP contribution is 2.30. The molecule has 0 saturated heterocycles. The summed E-state index contributed by atoms with van der Waals surface area (Å²) in [5, 5.41) is 4.52. The van der Waals surface area contributed by atoms with Crippen molar-refractivity contribution in [2.24, 2.45) is 0 Å². The van der Waals surface area contributed by atoms with E-state index in [1.54, 1.807) is 0 Å². The van der Waals surface area contributed by atoms with Gasteiger partial charge < -0.3 is 5.10 Å². The topological polar surface area (TPSA) is 65.7 Å². The molecule has 2 N–H and O–H groups in total. The molecule has 0 aliphatic rings. The van der Waals surface area contributed by atoms with Crippen molar-refractivity contribution in [1.82, 2.24) is 10.2 Å². The van der Waals surface area contributed by atoms with Crippen LogP contribution in [0.2, 0.25) is 0 Å². The van der Waals surface area contributed by atoms with Crippen molar-refractivity contribution in [2.75, 3.05) is 0 Å². The Morgan fingerprint density at radius 2 is 1.71 bits per heavy atom. The Bertz CT molecular complexity index is 762. The van der Waals surface area contributed by atoms with Gasteiger partial charge in [-0.3, -0.25) is 14.7 Å². The number of aryl methyl sites for hydroxylation is 2. The number of alkyl halides is 3. The summed E-state index contributed by atoms with van der Waals surface area (Å²) in [6.07, 6.45) is -4.50. The molecule has 0 spiro atoms. The van der Waals surface area contributed by atoms with Crippen LogP contribution >= 0.6 is 0 Å². The summed E-state index contributed by atoms with van der Waals surface area (Å²) in [6.45, 7) is 0. The zero-order valence-electron chi connectivity index (χ0n) is 10.6. The number of halogens is 4. The normalized spacial score (nSPS) is 11.6. The first-order chi connectivity index (χ1) is 9.77. The van der Waals surface area contributed by atoms with Crippen LogP contribution in [0.5, 0.6) is 0 Å². The number of rotatable bonds is 3. The molecule has 112 valence electrons. The average Bonchev–Trinajstić information content (AvgIpc) is 2.40. The van der Waals surface area contributed by atoms with E-state index in [9.17, 15) is 27.2 Å². The highest BCUT2D eigenvalue weighted by atomic mass is 19.4. The largest absolute Gasteiger partial charge is 0.416 e. The molecule has 0 bridgehead atoms. The van der Waals surface area contributed by atoms with Gasteiger partial charge in [-0.05, 0) is 36.6 Å². The van der Waals surface area contributed by atoms with Crippen molar-refractivity contribution in [3.05, 3.63) is 67.5 Å². The fourth-order valence-corrected chi connectivity index (χ4v) is 1.81. The number of H-pyrrole nitrogens is 2. The molecule has 4 nitrogen and oxygen atoms in total. The second-order valence-electron chi connectivity index (χ2n) is 4.42. The first-order valence-corrected chi connectivity index (χ1v) is 5.94. The SMILES string of the molecule is O=c1cc(CCc2cc(C(F)(F)F)ccc2F)[nH][nH]c1=O. The van der Waals surface area contributed by atoms with E-state index in [1.807, 2.05) is 0 Å². The molecule has 21 heavy (non-hydrogen) atoms. The van der Waals surface area contributed by atoms with Gasteiger partial charge in [0.2, 0.25) is 5.43 Å². The van der Waals surface area contributed by atoms with Gasteiger partial charge in [-0.25, -0.2) is 4.39 Å². The predicted molar refractivity (Wildman–Crippen MR) is 66.5 cm³/mol. The summed E-state index contributed by atoms with van der Waals surface area (Å²) < 4.78 is 51.2. The fraction of sp³-hybridized carbons (Fsp3) is 0.231. The third kappa shape index (κ3) is 3.59. The molecule has 1 aromatic carbocycles. The molecule has 2 rings (SSSR count). The van der Waals surface area contributed by atoms with E-state index in [2.05, 4.69) is 10.2 Å². The number of aromatic amines is 2. The van der Waals surface area contributed by atoms with Gasteiger partial charge in [-0.15, -0.1) is 0 Å². The second-order valence-corrected chi connectivity index (χ2v) is 4.42. The smallest absolute Gasteiger partial charge is 0.302 e. The minimum Gasteiger partial charge on any atom is -0.302 e. The molecular formula is C13H10F4N2O2.